The average Bonchev–Trinajstić information content (AvgIpc) is 2.95. The molecule has 83 valence electrons. The fraction of sp³-hybridized carbons (Fsp3) is 0.188. The van der Waals surface area contributed by atoms with E-state index in [1.54, 1.807) is 5.17 Å². The monoisotopic (exact) mass is 235 g/mol. The summed E-state index contributed by atoms with van der Waals surface area (Å²) in [5.41, 5.74) is 5.49. The van der Waals surface area contributed by atoms with Crippen molar-refractivity contribution < 1.29 is 0 Å². The SMILES string of the molecule is C[Si](C)=C1C(C2=CC=CC2)=[C]c2ccccc21. The molecule has 1 radical (unpaired) electrons. The van der Waals surface area contributed by atoms with E-state index in [1.807, 2.05) is 0 Å². The third kappa shape index (κ3) is 1.71. The number of allylic oxidation sites excluding steroid dienone is 5. The van der Waals surface area contributed by atoms with Crippen LogP contribution in [0, 0.1) is 6.08 Å². The summed E-state index contributed by atoms with van der Waals surface area (Å²) in [4.78, 5) is 0. The zero-order chi connectivity index (χ0) is 11.8. The Labute approximate surface area is 104 Å². The first-order valence-electron chi connectivity index (χ1n) is 6.04. The van der Waals surface area contributed by atoms with Crippen LogP contribution < -0.4 is 0 Å². The summed E-state index contributed by atoms with van der Waals surface area (Å²) < 4.78 is 0. The van der Waals surface area contributed by atoms with E-state index in [1.165, 1.54) is 22.3 Å². The Kier molecular flexibility index (Phi) is 2.56. The van der Waals surface area contributed by atoms with Crippen molar-refractivity contribution in [2.24, 2.45) is 0 Å². The lowest BCUT2D eigenvalue weighted by Gasteiger charge is -2.10. The van der Waals surface area contributed by atoms with Gasteiger partial charge in [0, 0.05) is 8.41 Å². The number of hydrogen-bond donors (Lipinski definition) is 0. The largest absolute Gasteiger partial charge is 0.0801 e. The van der Waals surface area contributed by atoms with Crippen LogP contribution in [0.1, 0.15) is 17.5 Å². The van der Waals surface area contributed by atoms with E-state index in [4.69, 9.17) is 0 Å². The summed E-state index contributed by atoms with van der Waals surface area (Å²) in [7, 11) is -0.460. The van der Waals surface area contributed by atoms with E-state index in [-0.39, 0.29) is 0 Å². The van der Waals surface area contributed by atoms with Gasteiger partial charge < -0.3 is 0 Å². The normalized spacial score (nSPS) is 16.9. The second-order valence-corrected chi connectivity index (χ2v) is 7.24. The lowest BCUT2D eigenvalue weighted by molar-refractivity contribution is 1.30. The highest BCUT2D eigenvalue weighted by Crippen LogP contribution is 2.31. The molecule has 0 saturated heterocycles. The molecule has 1 aromatic rings. The highest BCUT2D eigenvalue weighted by atomic mass is 28.2. The zero-order valence-corrected chi connectivity index (χ0v) is 11.2. The summed E-state index contributed by atoms with van der Waals surface area (Å²) in [6.07, 6.45) is 11.3. The molecule has 0 bridgehead atoms. The zero-order valence-electron chi connectivity index (χ0n) is 10.2. The van der Waals surface area contributed by atoms with E-state index >= 15 is 0 Å². The average molecular weight is 235 g/mol. The van der Waals surface area contributed by atoms with Gasteiger partial charge in [0.1, 0.15) is 0 Å². The molecule has 1 aromatic carbocycles. The van der Waals surface area contributed by atoms with E-state index in [2.05, 4.69) is 61.7 Å². The van der Waals surface area contributed by atoms with Gasteiger partial charge in [-0.2, -0.15) is 0 Å². The molecule has 0 fully saturated rings. The molecular weight excluding hydrogens is 220 g/mol. The van der Waals surface area contributed by atoms with Gasteiger partial charge in [0.25, 0.3) is 0 Å². The van der Waals surface area contributed by atoms with Crippen molar-refractivity contribution >= 4 is 13.6 Å². The minimum Gasteiger partial charge on any atom is -0.0801 e. The van der Waals surface area contributed by atoms with E-state index < -0.39 is 8.41 Å². The first-order chi connectivity index (χ1) is 8.27. The molecule has 0 nitrogen and oxygen atoms in total. The third-order valence-electron chi connectivity index (χ3n) is 3.30. The summed E-state index contributed by atoms with van der Waals surface area (Å²) in [5, 5.41) is 1.56. The third-order valence-corrected chi connectivity index (χ3v) is 4.82. The predicted octanol–water partition coefficient (Wildman–Crippen LogP) is 3.52. The smallest absolute Gasteiger partial charge is 0.0144 e. The molecule has 0 saturated carbocycles. The van der Waals surface area contributed by atoms with Crippen LogP contribution in [0.25, 0.3) is 0 Å². The van der Waals surface area contributed by atoms with Crippen molar-refractivity contribution in [3.05, 3.63) is 70.8 Å². The maximum atomic E-state index is 3.60. The highest BCUT2D eigenvalue weighted by Gasteiger charge is 2.22. The molecular formula is C16H15Si. The second-order valence-electron chi connectivity index (χ2n) is 4.74. The van der Waals surface area contributed by atoms with Crippen LogP contribution in [0.3, 0.4) is 0 Å². The standard InChI is InChI=1S/C16H15Si/c1-17(2)16-14-10-6-5-9-13(14)11-15(16)12-7-3-4-8-12/h3-7,9-10H,8H2,1-2H3. The molecule has 1 heteroatoms. The van der Waals surface area contributed by atoms with Crippen LogP contribution in [0.5, 0.6) is 0 Å². The topological polar surface area (TPSA) is 0 Å². The van der Waals surface area contributed by atoms with E-state index in [0.717, 1.165) is 6.42 Å². The van der Waals surface area contributed by atoms with Gasteiger partial charge >= 0.3 is 0 Å². The Balaban J connectivity index is 2.16. The van der Waals surface area contributed by atoms with Gasteiger partial charge in [0.15, 0.2) is 0 Å². The van der Waals surface area contributed by atoms with Gasteiger partial charge in [-0.05, 0) is 39.9 Å². The minimum absolute atomic E-state index is 0.460. The van der Waals surface area contributed by atoms with Gasteiger partial charge in [-0.25, -0.2) is 0 Å². The number of benzene rings is 1. The number of fused-ring (bicyclic) bond motifs is 1. The molecule has 17 heavy (non-hydrogen) atoms. The van der Waals surface area contributed by atoms with Gasteiger partial charge in [0.2, 0.25) is 0 Å². The van der Waals surface area contributed by atoms with Crippen molar-refractivity contribution in [1.29, 1.82) is 0 Å². The van der Waals surface area contributed by atoms with Crippen LogP contribution in [-0.2, 0) is 0 Å². The molecule has 0 aromatic heterocycles. The van der Waals surface area contributed by atoms with Gasteiger partial charge in [-0.3, -0.25) is 0 Å². The van der Waals surface area contributed by atoms with Crippen molar-refractivity contribution in [2.45, 2.75) is 19.5 Å². The fourth-order valence-corrected chi connectivity index (χ4v) is 4.01. The molecule has 0 unspecified atom stereocenters. The Hall–Kier alpha value is -1.47. The molecule has 0 heterocycles. The number of hydrogen-bond acceptors (Lipinski definition) is 0. The van der Waals surface area contributed by atoms with E-state index in [9.17, 15) is 0 Å². The highest BCUT2D eigenvalue weighted by molar-refractivity contribution is 6.75. The minimum atomic E-state index is -0.460. The van der Waals surface area contributed by atoms with Gasteiger partial charge in [-0.1, -0.05) is 55.6 Å². The summed E-state index contributed by atoms with van der Waals surface area (Å²) in [5.74, 6) is 0. The first-order valence-corrected chi connectivity index (χ1v) is 8.54. The lowest BCUT2D eigenvalue weighted by Crippen LogP contribution is -2.12. The number of rotatable bonds is 1. The van der Waals surface area contributed by atoms with Gasteiger partial charge in [0.05, 0.1) is 0 Å². The fourth-order valence-electron chi connectivity index (χ4n) is 2.53. The Bertz CT molecular complexity index is 594. The lowest BCUT2D eigenvalue weighted by atomic mass is 10.0. The molecule has 3 rings (SSSR count). The van der Waals surface area contributed by atoms with Crippen LogP contribution in [0.4, 0.5) is 0 Å². The van der Waals surface area contributed by atoms with Crippen LogP contribution in [0.15, 0.2) is 53.6 Å². The molecule has 0 spiro atoms. The summed E-state index contributed by atoms with van der Waals surface area (Å²) >= 11 is 0. The van der Waals surface area contributed by atoms with Crippen LogP contribution in [-0.4, -0.2) is 13.6 Å². The first kappa shape index (κ1) is 10.7. The molecule has 0 amide bonds. The Morgan fingerprint density at radius 3 is 2.71 bits per heavy atom. The van der Waals surface area contributed by atoms with Crippen molar-refractivity contribution in [1.82, 2.24) is 0 Å². The predicted molar refractivity (Wildman–Crippen MR) is 75.7 cm³/mol. The quantitative estimate of drug-likeness (QED) is 0.653. The molecule has 0 atom stereocenters. The second kappa shape index (κ2) is 4.08. The Morgan fingerprint density at radius 2 is 2.00 bits per heavy atom. The molecule has 0 aliphatic heterocycles. The maximum Gasteiger partial charge on any atom is 0.0144 e. The van der Waals surface area contributed by atoms with Crippen molar-refractivity contribution in [2.75, 3.05) is 0 Å². The summed E-state index contributed by atoms with van der Waals surface area (Å²) in [6.45, 7) is 4.74. The Morgan fingerprint density at radius 1 is 1.18 bits per heavy atom. The van der Waals surface area contributed by atoms with Crippen LogP contribution >= 0.6 is 0 Å². The molecule has 2 aliphatic rings. The van der Waals surface area contributed by atoms with Crippen molar-refractivity contribution in [3.63, 3.8) is 0 Å². The van der Waals surface area contributed by atoms with E-state index in [0.29, 0.717) is 0 Å². The van der Waals surface area contributed by atoms with Crippen LogP contribution in [0.2, 0.25) is 13.1 Å². The maximum absolute atomic E-state index is 3.60. The molecule has 0 N–H and O–H groups in total. The summed E-state index contributed by atoms with van der Waals surface area (Å²) in [6, 6.07) is 8.66. The molecule has 2 aliphatic carbocycles. The van der Waals surface area contributed by atoms with Crippen molar-refractivity contribution in [3.8, 4) is 0 Å². The van der Waals surface area contributed by atoms with Gasteiger partial charge in [-0.15, -0.1) is 0 Å².